The van der Waals surface area contributed by atoms with Crippen LogP contribution in [-0.2, 0) is 23.0 Å². The highest BCUT2D eigenvalue weighted by molar-refractivity contribution is 7.98. The Hall–Kier alpha value is -0.830. The van der Waals surface area contributed by atoms with E-state index in [1.165, 1.54) is 11.1 Å². The van der Waals surface area contributed by atoms with Gasteiger partial charge in [0.25, 0.3) is 0 Å². The summed E-state index contributed by atoms with van der Waals surface area (Å²) in [6.45, 7) is 12.9. The van der Waals surface area contributed by atoms with E-state index in [0.29, 0.717) is 15.8 Å². The van der Waals surface area contributed by atoms with Gasteiger partial charge in [-0.3, -0.25) is 0 Å². The van der Waals surface area contributed by atoms with Crippen molar-refractivity contribution in [2.75, 3.05) is 5.75 Å². The molecule has 0 bridgehead atoms. The molecule has 0 amide bonds. The summed E-state index contributed by atoms with van der Waals surface area (Å²) in [4.78, 5) is 0. The molecule has 0 aliphatic heterocycles. The molecular weight excluding hydrogens is 407 g/mol. The van der Waals surface area contributed by atoms with Crippen LogP contribution < -0.4 is 0 Å². The number of rotatable bonds is 6. The lowest BCUT2D eigenvalue weighted by Crippen LogP contribution is -2.18. The second kappa shape index (κ2) is 9.32. The van der Waals surface area contributed by atoms with E-state index in [2.05, 4.69) is 53.7 Å². The van der Waals surface area contributed by atoms with Gasteiger partial charge in [-0.05, 0) is 63.8 Å². The van der Waals surface area contributed by atoms with Gasteiger partial charge >= 0.3 is 0 Å². The Morgan fingerprint density at radius 1 is 0.821 bits per heavy atom. The lowest BCUT2D eigenvalue weighted by Gasteiger charge is -2.28. The Bertz CT molecular complexity index is 781. The third-order valence-electron chi connectivity index (χ3n) is 4.79. The lowest BCUT2D eigenvalue weighted by molar-refractivity contribution is 0.422. The van der Waals surface area contributed by atoms with Gasteiger partial charge in [0.2, 0.25) is 0 Å². The van der Waals surface area contributed by atoms with Crippen LogP contribution in [0, 0.1) is 0 Å². The monoisotopic (exact) mass is 438 g/mol. The minimum absolute atomic E-state index is 0.0807. The van der Waals surface area contributed by atoms with Crippen LogP contribution in [0.2, 0.25) is 10.0 Å². The first-order chi connectivity index (χ1) is 12.9. The smallest absolute Gasteiger partial charge is 0.123 e. The average Bonchev–Trinajstić information content (AvgIpc) is 2.56. The fourth-order valence-corrected chi connectivity index (χ4v) is 4.41. The summed E-state index contributed by atoms with van der Waals surface area (Å²) in [5, 5.41) is 12.1. The molecule has 0 aromatic heterocycles. The molecule has 28 heavy (non-hydrogen) atoms. The molecule has 0 fully saturated rings. The SMILES string of the molecule is CC(C)(C)c1cc(CCCSCc2ccc(Cl)c(Cl)c2)cc(C(C)(C)C)c1O. The number of thioether (sulfide) groups is 1. The van der Waals surface area contributed by atoms with Gasteiger partial charge in [0.1, 0.15) is 5.75 Å². The number of benzene rings is 2. The fraction of sp³-hybridized carbons (Fsp3) is 0.500. The number of aromatic hydroxyl groups is 1. The predicted octanol–water partition coefficient (Wildman–Crippen LogP) is 8.16. The van der Waals surface area contributed by atoms with Crippen LogP contribution in [0.15, 0.2) is 30.3 Å². The average molecular weight is 439 g/mol. The molecule has 154 valence electrons. The Morgan fingerprint density at radius 2 is 1.39 bits per heavy atom. The number of halogens is 2. The molecule has 2 aromatic carbocycles. The summed E-state index contributed by atoms with van der Waals surface area (Å²) in [6, 6.07) is 10.2. The largest absolute Gasteiger partial charge is 0.507 e. The van der Waals surface area contributed by atoms with Gasteiger partial charge in [-0.2, -0.15) is 11.8 Å². The zero-order valence-corrected chi connectivity index (χ0v) is 20.2. The summed E-state index contributed by atoms with van der Waals surface area (Å²) >= 11 is 14.0. The molecule has 0 unspecified atom stereocenters. The molecule has 0 aliphatic rings. The van der Waals surface area contributed by atoms with Crippen LogP contribution in [0.1, 0.15) is 70.2 Å². The van der Waals surface area contributed by atoms with Crippen LogP contribution >= 0.6 is 35.0 Å². The molecule has 0 radical (unpaired) electrons. The van der Waals surface area contributed by atoms with Crippen molar-refractivity contribution < 1.29 is 5.11 Å². The first-order valence-electron chi connectivity index (χ1n) is 9.78. The molecule has 1 nitrogen and oxygen atoms in total. The minimum atomic E-state index is -0.0807. The third kappa shape index (κ3) is 6.34. The summed E-state index contributed by atoms with van der Waals surface area (Å²) in [5.41, 5.74) is 4.43. The number of aryl methyl sites for hydroxylation is 1. The van der Waals surface area contributed by atoms with Crippen molar-refractivity contribution in [2.24, 2.45) is 0 Å². The first-order valence-corrected chi connectivity index (χ1v) is 11.7. The van der Waals surface area contributed by atoms with Crippen molar-refractivity contribution in [2.45, 2.75) is 71.0 Å². The molecule has 0 atom stereocenters. The van der Waals surface area contributed by atoms with Crippen LogP contribution in [-0.4, -0.2) is 10.9 Å². The molecule has 0 heterocycles. The number of hydrogen-bond donors (Lipinski definition) is 1. The van der Waals surface area contributed by atoms with Gasteiger partial charge in [0.15, 0.2) is 0 Å². The number of phenolic OH excluding ortho intramolecular Hbond substituents is 1. The Kier molecular flexibility index (Phi) is 7.81. The van der Waals surface area contributed by atoms with E-state index in [1.54, 1.807) is 0 Å². The maximum Gasteiger partial charge on any atom is 0.123 e. The van der Waals surface area contributed by atoms with E-state index in [1.807, 2.05) is 30.0 Å². The van der Waals surface area contributed by atoms with Crippen LogP contribution in [0.3, 0.4) is 0 Å². The Morgan fingerprint density at radius 3 is 1.89 bits per heavy atom. The number of hydrogen-bond acceptors (Lipinski definition) is 2. The van der Waals surface area contributed by atoms with Crippen molar-refractivity contribution in [1.82, 2.24) is 0 Å². The van der Waals surface area contributed by atoms with Gasteiger partial charge in [0, 0.05) is 5.75 Å². The third-order valence-corrected chi connectivity index (χ3v) is 6.65. The zero-order chi connectivity index (χ0) is 21.1. The van der Waals surface area contributed by atoms with E-state index in [0.717, 1.165) is 35.5 Å². The van der Waals surface area contributed by atoms with Crippen molar-refractivity contribution in [1.29, 1.82) is 0 Å². The predicted molar refractivity (Wildman–Crippen MR) is 126 cm³/mol. The van der Waals surface area contributed by atoms with Crippen LogP contribution in [0.5, 0.6) is 5.75 Å². The topological polar surface area (TPSA) is 20.2 Å². The molecule has 2 aromatic rings. The maximum atomic E-state index is 10.8. The van der Waals surface area contributed by atoms with E-state index >= 15 is 0 Å². The summed E-state index contributed by atoms with van der Waals surface area (Å²) < 4.78 is 0. The summed E-state index contributed by atoms with van der Waals surface area (Å²) in [6.07, 6.45) is 2.12. The normalized spacial score (nSPS) is 12.4. The van der Waals surface area contributed by atoms with Gasteiger partial charge in [-0.1, -0.05) is 82.9 Å². The Labute approximate surface area is 184 Å². The van der Waals surface area contributed by atoms with Crippen molar-refractivity contribution in [3.63, 3.8) is 0 Å². The summed E-state index contributed by atoms with van der Waals surface area (Å²) in [5.74, 6) is 2.47. The van der Waals surface area contributed by atoms with Gasteiger partial charge in [-0.15, -0.1) is 0 Å². The second-order valence-corrected chi connectivity index (χ2v) is 11.4. The summed E-state index contributed by atoms with van der Waals surface area (Å²) in [7, 11) is 0. The van der Waals surface area contributed by atoms with Gasteiger partial charge < -0.3 is 5.11 Å². The first kappa shape index (κ1) is 23.4. The van der Waals surface area contributed by atoms with E-state index in [9.17, 15) is 5.11 Å². The molecule has 2 rings (SSSR count). The zero-order valence-electron chi connectivity index (χ0n) is 17.8. The minimum Gasteiger partial charge on any atom is -0.507 e. The van der Waals surface area contributed by atoms with Crippen molar-refractivity contribution in [3.8, 4) is 5.75 Å². The van der Waals surface area contributed by atoms with E-state index < -0.39 is 0 Å². The standard InChI is InChI=1S/C24H32Cl2OS/c1-23(2,3)18-12-16(13-19(22(18)27)24(4,5)6)8-7-11-28-15-17-9-10-20(25)21(26)14-17/h9-10,12-14,27H,7-8,11,15H2,1-6H3. The molecule has 0 saturated carbocycles. The molecule has 0 aliphatic carbocycles. The Balaban J connectivity index is 2.02. The molecule has 4 heteroatoms. The quantitative estimate of drug-likeness (QED) is 0.458. The second-order valence-electron chi connectivity index (χ2n) is 9.44. The number of phenols is 1. The molecular formula is C24H32Cl2OS. The van der Waals surface area contributed by atoms with Crippen LogP contribution in [0.4, 0.5) is 0 Å². The lowest BCUT2D eigenvalue weighted by atomic mass is 9.78. The van der Waals surface area contributed by atoms with E-state index in [-0.39, 0.29) is 10.8 Å². The van der Waals surface area contributed by atoms with Crippen molar-refractivity contribution >= 4 is 35.0 Å². The fourth-order valence-electron chi connectivity index (χ4n) is 3.18. The van der Waals surface area contributed by atoms with Gasteiger partial charge in [-0.25, -0.2) is 0 Å². The maximum absolute atomic E-state index is 10.8. The molecule has 1 N–H and O–H groups in total. The molecule has 0 saturated heterocycles. The molecule has 0 spiro atoms. The van der Waals surface area contributed by atoms with Crippen molar-refractivity contribution in [3.05, 3.63) is 62.6 Å². The van der Waals surface area contributed by atoms with Gasteiger partial charge in [0.05, 0.1) is 10.0 Å². The van der Waals surface area contributed by atoms with E-state index in [4.69, 9.17) is 23.2 Å². The highest BCUT2D eigenvalue weighted by Gasteiger charge is 2.26. The highest BCUT2D eigenvalue weighted by Crippen LogP contribution is 2.40. The highest BCUT2D eigenvalue weighted by atomic mass is 35.5. The van der Waals surface area contributed by atoms with Crippen LogP contribution in [0.25, 0.3) is 0 Å².